The summed E-state index contributed by atoms with van der Waals surface area (Å²) in [6.07, 6.45) is 2.52. The van der Waals surface area contributed by atoms with Gasteiger partial charge < -0.3 is 19.5 Å². The number of halogens is 1. The van der Waals surface area contributed by atoms with Gasteiger partial charge in [0.05, 0.1) is 5.56 Å². The van der Waals surface area contributed by atoms with E-state index < -0.39 is 0 Å². The Balaban J connectivity index is 0.00000256. The molecule has 3 aromatic rings. The van der Waals surface area contributed by atoms with Crippen LogP contribution in [-0.2, 0) is 17.9 Å². The summed E-state index contributed by atoms with van der Waals surface area (Å²) in [6.45, 7) is 3.10. The van der Waals surface area contributed by atoms with Crippen molar-refractivity contribution in [3.05, 3.63) is 71.9 Å². The number of nitrogens with one attached hydrogen (secondary N) is 1. The maximum Gasteiger partial charge on any atom is 0.410 e. The molecule has 0 unspecified atom stereocenters. The Morgan fingerprint density at radius 1 is 1.17 bits per heavy atom. The minimum Gasteiger partial charge on any atom is -0.445 e. The number of fused-ring (bicyclic) bond motifs is 1. The van der Waals surface area contributed by atoms with Crippen LogP contribution >= 0.6 is 12.4 Å². The highest BCUT2D eigenvalue weighted by Crippen LogP contribution is 2.21. The number of benzene rings is 2. The quantitative estimate of drug-likeness (QED) is 0.673. The number of hydrogen-bond donors (Lipinski definition) is 1. The van der Waals surface area contributed by atoms with E-state index in [1.807, 2.05) is 60.8 Å². The molecule has 2 aromatic carbocycles. The third-order valence-corrected chi connectivity index (χ3v) is 5.35. The van der Waals surface area contributed by atoms with Crippen molar-refractivity contribution in [2.24, 2.45) is 0 Å². The average molecular weight is 425 g/mol. The third kappa shape index (κ3) is 4.93. The van der Waals surface area contributed by atoms with Crippen LogP contribution in [0.3, 0.4) is 0 Å². The van der Waals surface area contributed by atoms with E-state index >= 15 is 0 Å². The average Bonchev–Trinajstić information content (AvgIpc) is 3.15. The SMILES string of the molecule is Cl.N#Cc1cn(CC[C@@H]2CN(C(=O)OCc3ccccc3)CCN2)c2ccccc12. The number of hydrogen-bond acceptors (Lipinski definition) is 4. The van der Waals surface area contributed by atoms with Crippen LogP contribution in [0, 0.1) is 11.3 Å². The fraction of sp³-hybridized carbons (Fsp3) is 0.304. The number of nitrogens with zero attached hydrogens (tertiary/aromatic N) is 3. The van der Waals surface area contributed by atoms with Crippen molar-refractivity contribution in [1.29, 1.82) is 5.26 Å². The zero-order chi connectivity index (χ0) is 20.1. The lowest BCUT2D eigenvalue weighted by atomic mass is 10.1. The summed E-state index contributed by atoms with van der Waals surface area (Å²) in [5.74, 6) is 0. The van der Waals surface area contributed by atoms with E-state index in [9.17, 15) is 10.1 Å². The van der Waals surface area contributed by atoms with E-state index in [0.29, 0.717) is 25.3 Å². The highest BCUT2D eigenvalue weighted by atomic mass is 35.5. The van der Waals surface area contributed by atoms with Gasteiger partial charge >= 0.3 is 6.09 Å². The minimum atomic E-state index is -0.265. The monoisotopic (exact) mass is 424 g/mol. The molecule has 6 nitrogen and oxygen atoms in total. The first-order valence-corrected chi connectivity index (χ1v) is 9.91. The second-order valence-corrected chi connectivity index (χ2v) is 7.29. The van der Waals surface area contributed by atoms with Crippen LogP contribution in [0.4, 0.5) is 4.79 Å². The number of ether oxygens (including phenoxy) is 1. The summed E-state index contributed by atoms with van der Waals surface area (Å²) in [5, 5.41) is 13.8. The summed E-state index contributed by atoms with van der Waals surface area (Å²) >= 11 is 0. The molecule has 1 aliphatic heterocycles. The molecule has 0 aliphatic carbocycles. The van der Waals surface area contributed by atoms with Crippen molar-refractivity contribution in [1.82, 2.24) is 14.8 Å². The molecule has 1 aliphatic rings. The van der Waals surface area contributed by atoms with E-state index in [0.717, 1.165) is 36.0 Å². The molecule has 0 bridgehead atoms. The van der Waals surface area contributed by atoms with Crippen LogP contribution < -0.4 is 5.32 Å². The van der Waals surface area contributed by atoms with Gasteiger partial charge in [-0.25, -0.2) is 4.79 Å². The highest BCUT2D eigenvalue weighted by molar-refractivity contribution is 5.86. The molecule has 0 radical (unpaired) electrons. The molecule has 1 atom stereocenters. The van der Waals surface area contributed by atoms with Crippen molar-refractivity contribution >= 4 is 29.4 Å². The number of carbonyl (C=O) groups is 1. The molecule has 30 heavy (non-hydrogen) atoms. The van der Waals surface area contributed by atoms with E-state index in [-0.39, 0.29) is 24.5 Å². The Morgan fingerprint density at radius 3 is 2.73 bits per heavy atom. The summed E-state index contributed by atoms with van der Waals surface area (Å²) in [7, 11) is 0. The predicted molar refractivity (Wildman–Crippen MR) is 119 cm³/mol. The van der Waals surface area contributed by atoms with Gasteiger partial charge in [0.2, 0.25) is 0 Å². The lowest BCUT2D eigenvalue weighted by molar-refractivity contribution is 0.0839. The van der Waals surface area contributed by atoms with Gasteiger partial charge in [-0.3, -0.25) is 0 Å². The molecule has 1 N–H and O–H groups in total. The molecule has 156 valence electrons. The molecule has 1 amide bonds. The Hall–Kier alpha value is -3.01. The molecule has 2 heterocycles. The molecular formula is C23H25ClN4O2. The van der Waals surface area contributed by atoms with Crippen molar-refractivity contribution in [3.8, 4) is 6.07 Å². The summed E-state index contributed by atoms with van der Waals surface area (Å²) < 4.78 is 7.60. The van der Waals surface area contributed by atoms with Gasteiger partial charge in [0.25, 0.3) is 0 Å². The second kappa shape index (κ2) is 10.1. The van der Waals surface area contributed by atoms with Crippen molar-refractivity contribution in [2.45, 2.75) is 25.6 Å². The number of aryl methyl sites for hydroxylation is 1. The molecule has 4 rings (SSSR count). The Morgan fingerprint density at radius 2 is 1.93 bits per heavy atom. The minimum absolute atomic E-state index is 0. The summed E-state index contributed by atoms with van der Waals surface area (Å²) in [5.41, 5.74) is 2.75. The van der Waals surface area contributed by atoms with Gasteiger partial charge in [0.1, 0.15) is 12.7 Å². The second-order valence-electron chi connectivity index (χ2n) is 7.29. The highest BCUT2D eigenvalue weighted by Gasteiger charge is 2.24. The topological polar surface area (TPSA) is 70.3 Å². The van der Waals surface area contributed by atoms with Crippen LogP contribution in [0.15, 0.2) is 60.8 Å². The number of aromatic nitrogens is 1. The Labute approximate surface area is 182 Å². The molecule has 0 saturated carbocycles. The molecule has 1 fully saturated rings. The lowest BCUT2D eigenvalue weighted by Gasteiger charge is -2.33. The number of nitriles is 1. The van der Waals surface area contributed by atoms with Gasteiger partial charge in [0.15, 0.2) is 0 Å². The molecular weight excluding hydrogens is 400 g/mol. The smallest absolute Gasteiger partial charge is 0.410 e. The van der Waals surface area contributed by atoms with E-state index in [4.69, 9.17) is 4.74 Å². The zero-order valence-corrected chi connectivity index (χ0v) is 17.5. The molecule has 1 saturated heterocycles. The number of carbonyl (C=O) groups excluding carboxylic acids is 1. The van der Waals surface area contributed by atoms with Crippen LogP contribution in [0.25, 0.3) is 10.9 Å². The van der Waals surface area contributed by atoms with Crippen LogP contribution in [-0.4, -0.2) is 41.2 Å². The number of amides is 1. The Bertz CT molecular complexity index is 1030. The van der Waals surface area contributed by atoms with Crippen LogP contribution in [0.5, 0.6) is 0 Å². The first-order chi connectivity index (χ1) is 14.2. The van der Waals surface area contributed by atoms with Gasteiger partial charge in [-0.1, -0.05) is 48.5 Å². The maximum atomic E-state index is 12.4. The Kier molecular flexibility index (Phi) is 7.34. The number of para-hydroxylation sites is 1. The van der Waals surface area contributed by atoms with E-state index in [1.165, 1.54) is 0 Å². The molecule has 7 heteroatoms. The van der Waals surface area contributed by atoms with Gasteiger partial charge in [-0.15, -0.1) is 12.4 Å². The van der Waals surface area contributed by atoms with Gasteiger partial charge in [-0.2, -0.15) is 5.26 Å². The fourth-order valence-electron chi connectivity index (χ4n) is 3.81. The van der Waals surface area contributed by atoms with Gasteiger partial charge in [-0.05, 0) is 18.1 Å². The van der Waals surface area contributed by atoms with Crippen molar-refractivity contribution in [2.75, 3.05) is 19.6 Å². The van der Waals surface area contributed by atoms with E-state index in [2.05, 4.69) is 16.0 Å². The lowest BCUT2D eigenvalue weighted by Crippen LogP contribution is -2.52. The maximum absolute atomic E-state index is 12.4. The summed E-state index contributed by atoms with van der Waals surface area (Å²) in [6, 6.07) is 20.1. The number of rotatable bonds is 5. The van der Waals surface area contributed by atoms with E-state index in [1.54, 1.807) is 4.90 Å². The molecule has 0 spiro atoms. The fourth-order valence-corrected chi connectivity index (χ4v) is 3.81. The van der Waals surface area contributed by atoms with Crippen molar-refractivity contribution in [3.63, 3.8) is 0 Å². The first kappa shape index (κ1) is 21.7. The van der Waals surface area contributed by atoms with Gasteiger partial charge in [0, 0.05) is 49.3 Å². The third-order valence-electron chi connectivity index (χ3n) is 5.35. The zero-order valence-electron chi connectivity index (χ0n) is 16.7. The normalized spacial score (nSPS) is 16.0. The standard InChI is InChI=1S/C23H24N4O2.ClH/c24-14-19-15-26(22-9-5-4-8-21(19)22)12-10-20-16-27(13-11-25-20)23(28)29-17-18-6-2-1-3-7-18;/h1-9,15,20,25H,10-13,16-17H2;1H/t20-;/m1./s1. The van der Waals surface area contributed by atoms with Crippen LogP contribution in [0.1, 0.15) is 17.5 Å². The predicted octanol–water partition coefficient (Wildman–Crippen LogP) is 3.94. The molecule has 1 aromatic heterocycles. The number of piperazine rings is 1. The van der Waals surface area contributed by atoms with Crippen molar-refractivity contribution < 1.29 is 9.53 Å². The summed E-state index contributed by atoms with van der Waals surface area (Å²) in [4.78, 5) is 14.2. The first-order valence-electron chi connectivity index (χ1n) is 9.91. The largest absolute Gasteiger partial charge is 0.445 e. The van der Waals surface area contributed by atoms with Crippen LogP contribution in [0.2, 0.25) is 0 Å².